The van der Waals surface area contributed by atoms with Gasteiger partial charge in [-0.25, -0.2) is 14.8 Å². The van der Waals surface area contributed by atoms with Crippen molar-refractivity contribution in [2.75, 3.05) is 5.32 Å². The highest BCUT2D eigenvalue weighted by atomic mass is 16.4. The van der Waals surface area contributed by atoms with Crippen LogP contribution in [-0.2, 0) is 4.79 Å². The van der Waals surface area contributed by atoms with Gasteiger partial charge in [-0.05, 0) is 18.4 Å². The van der Waals surface area contributed by atoms with Crippen LogP contribution in [0.3, 0.4) is 0 Å². The van der Waals surface area contributed by atoms with Crippen LogP contribution >= 0.6 is 0 Å². The minimum absolute atomic E-state index is 0.222. The summed E-state index contributed by atoms with van der Waals surface area (Å²) in [4.78, 5) is 19.6. The van der Waals surface area contributed by atoms with E-state index in [1.54, 1.807) is 12.3 Å². The maximum atomic E-state index is 11.2. The third kappa shape index (κ3) is 4.31. The van der Waals surface area contributed by atoms with Crippen molar-refractivity contribution in [1.82, 2.24) is 9.97 Å². The fraction of sp³-hybridized carbons (Fsp3) is 0.615. The molecule has 0 amide bonds. The van der Waals surface area contributed by atoms with E-state index in [4.69, 9.17) is 5.11 Å². The van der Waals surface area contributed by atoms with Crippen molar-refractivity contribution in [3.05, 3.63) is 18.1 Å². The number of hydrogen-bond donors (Lipinski definition) is 2. The van der Waals surface area contributed by atoms with E-state index in [0.717, 1.165) is 0 Å². The number of rotatable bonds is 6. The molecule has 1 aromatic heterocycles. The first kappa shape index (κ1) is 14.4. The average Bonchev–Trinajstić information content (AvgIpc) is 2.27. The first-order valence-electron chi connectivity index (χ1n) is 6.22. The molecule has 0 aliphatic carbocycles. The van der Waals surface area contributed by atoms with Gasteiger partial charge in [0.1, 0.15) is 17.7 Å². The molecule has 0 aromatic carbocycles. The molecular weight excluding hydrogens is 230 g/mol. The van der Waals surface area contributed by atoms with Crippen molar-refractivity contribution < 1.29 is 9.90 Å². The number of carboxylic acid groups (broad SMARTS) is 1. The minimum atomic E-state index is -0.853. The highest BCUT2D eigenvalue weighted by Gasteiger charge is 2.19. The SMILES string of the molecule is CC(C)C[C@@H](Nc1ccnc(C(C)C)n1)C(=O)O. The third-order valence-corrected chi connectivity index (χ3v) is 2.52. The summed E-state index contributed by atoms with van der Waals surface area (Å²) in [5, 5.41) is 12.1. The van der Waals surface area contributed by atoms with Crippen LogP contribution in [0.25, 0.3) is 0 Å². The van der Waals surface area contributed by atoms with E-state index in [1.165, 1.54) is 0 Å². The number of aromatic nitrogens is 2. The van der Waals surface area contributed by atoms with Crippen LogP contribution in [0.15, 0.2) is 12.3 Å². The number of carboxylic acids is 1. The van der Waals surface area contributed by atoms with Gasteiger partial charge in [0.15, 0.2) is 0 Å². The zero-order valence-electron chi connectivity index (χ0n) is 11.3. The average molecular weight is 251 g/mol. The zero-order chi connectivity index (χ0) is 13.7. The van der Waals surface area contributed by atoms with Crippen molar-refractivity contribution in [1.29, 1.82) is 0 Å². The molecule has 1 rings (SSSR count). The van der Waals surface area contributed by atoms with Gasteiger partial charge < -0.3 is 10.4 Å². The van der Waals surface area contributed by atoms with Crippen LogP contribution in [0, 0.1) is 5.92 Å². The topological polar surface area (TPSA) is 75.1 Å². The van der Waals surface area contributed by atoms with E-state index in [2.05, 4.69) is 15.3 Å². The first-order valence-corrected chi connectivity index (χ1v) is 6.22. The molecule has 5 heteroatoms. The molecule has 1 atom stereocenters. The largest absolute Gasteiger partial charge is 0.480 e. The van der Waals surface area contributed by atoms with Gasteiger partial charge in [0.25, 0.3) is 0 Å². The van der Waals surface area contributed by atoms with E-state index < -0.39 is 12.0 Å². The Morgan fingerprint density at radius 3 is 2.56 bits per heavy atom. The second-order valence-electron chi connectivity index (χ2n) is 5.12. The molecule has 0 bridgehead atoms. The lowest BCUT2D eigenvalue weighted by Crippen LogP contribution is -2.31. The van der Waals surface area contributed by atoms with Crippen molar-refractivity contribution >= 4 is 11.8 Å². The van der Waals surface area contributed by atoms with Gasteiger partial charge in [-0.15, -0.1) is 0 Å². The van der Waals surface area contributed by atoms with Gasteiger partial charge in [-0.2, -0.15) is 0 Å². The van der Waals surface area contributed by atoms with Gasteiger partial charge in [-0.3, -0.25) is 0 Å². The van der Waals surface area contributed by atoms with Crippen molar-refractivity contribution in [3.63, 3.8) is 0 Å². The Kier molecular flexibility index (Phi) is 5.07. The van der Waals surface area contributed by atoms with Gasteiger partial charge in [0.05, 0.1) is 0 Å². The molecule has 0 saturated carbocycles. The molecular formula is C13H21N3O2. The van der Waals surface area contributed by atoms with Gasteiger partial charge in [0, 0.05) is 12.1 Å². The van der Waals surface area contributed by atoms with Crippen LogP contribution in [0.4, 0.5) is 5.82 Å². The number of carbonyl (C=O) groups is 1. The molecule has 100 valence electrons. The smallest absolute Gasteiger partial charge is 0.326 e. The van der Waals surface area contributed by atoms with Crippen LogP contribution in [0.1, 0.15) is 45.9 Å². The van der Waals surface area contributed by atoms with Crippen molar-refractivity contribution in [2.45, 2.75) is 46.1 Å². The molecule has 0 aliphatic heterocycles. The molecule has 1 heterocycles. The number of aliphatic carboxylic acids is 1. The molecule has 5 nitrogen and oxygen atoms in total. The van der Waals surface area contributed by atoms with Gasteiger partial charge >= 0.3 is 5.97 Å². The molecule has 0 unspecified atom stereocenters. The lowest BCUT2D eigenvalue weighted by Gasteiger charge is -2.17. The molecule has 1 aromatic rings. The molecule has 0 spiro atoms. The van der Waals surface area contributed by atoms with Crippen LogP contribution in [0.2, 0.25) is 0 Å². The van der Waals surface area contributed by atoms with Crippen LogP contribution in [0.5, 0.6) is 0 Å². The van der Waals surface area contributed by atoms with Crippen molar-refractivity contribution in [3.8, 4) is 0 Å². The quantitative estimate of drug-likeness (QED) is 0.812. The Balaban J connectivity index is 2.80. The predicted octanol–water partition coefficient (Wildman–Crippen LogP) is 2.51. The lowest BCUT2D eigenvalue weighted by molar-refractivity contribution is -0.138. The predicted molar refractivity (Wildman–Crippen MR) is 70.6 cm³/mol. The van der Waals surface area contributed by atoms with Crippen molar-refractivity contribution in [2.24, 2.45) is 5.92 Å². The van der Waals surface area contributed by atoms with Gasteiger partial charge in [-0.1, -0.05) is 27.7 Å². The van der Waals surface area contributed by atoms with E-state index in [-0.39, 0.29) is 5.92 Å². The summed E-state index contributed by atoms with van der Waals surface area (Å²) in [5.74, 6) is 0.967. The monoisotopic (exact) mass is 251 g/mol. The molecule has 0 radical (unpaired) electrons. The Morgan fingerprint density at radius 2 is 2.06 bits per heavy atom. The fourth-order valence-corrected chi connectivity index (χ4v) is 1.60. The van der Waals surface area contributed by atoms with Crippen LogP contribution in [-0.4, -0.2) is 27.1 Å². The zero-order valence-corrected chi connectivity index (χ0v) is 11.3. The second kappa shape index (κ2) is 6.33. The summed E-state index contributed by atoms with van der Waals surface area (Å²) in [7, 11) is 0. The van der Waals surface area contributed by atoms with E-state index >= 15 is 0 Å². The maximum Gasteiger partial charge on any atom is 0.326 e. The molecule has 0 saturated heterocycles. The Morgan fingerprint density at radius 1 is 1.39 bits per heavy atom. The summed E-state index contributed by atoms with van der Waals surface area (Å²) in [6, 6.07) is 1.09. The highest BCUT2D eigenvalue weighted by molar-refractivity contribution is 5.76. The molecule has 2 N–H and O–H groups in total. The molecule has 18 heavy (non-hydrogen) atoms. The summed E-state index contributed by atoms with van der Waals surface area (Å²) >= 11 is 0. The number of anilines is 1. The summed E-state index contributed by atoms with van der Waals surface area (Å²) < 4.78 is 0. The van der Waals surface area contributed by atoms with E-state index in [9.17, 15) is 4.79 Å². The summed E-state index contributed by atoms with van der Waals surface area (Å²) in [5.41, 5.74) is 0. The maximum absolute atomic E-state index is 11.2. The fourth-order valence-electron chi connectivity index (χ4n) is 1.60. The van der Waals surface area contributed by atoms with Crippen LogP contribution < -0.4 is 5.32 Å². The first-order chi connectivity index (χ1) is 8.40. The Labute approximate surface area is 108 Å². The second-order valence-corrected chi connectivity index (χ2v) is 5.12. The normalized spacial score (nSPS) is 12.8. The summed E-state index contributed by atoms with van der Waals surface area (Å²) in [6.07, 6.45) is 2.22. The molecule has 0 fully saturated rings. The number of nitrogens with one attached hydrogen (secondary N) is 1. The molecule has 0 aliphatic rings. The minimum Gasteiger partial charge on any atom is -0.480 e. The third-order valence-electron chi connectivity index (χ3n) is 2.52. The summed E-state index contributed by atoms with van der Waals surface area (Å²) in [6.45, 7) is 8.00. The Bertz CT molecular complexity index is 405. The number of hydrogen-bond acceptors (Lipinski definition) is 4. The Hall–Kier alpha value is -1.65. The lowest BCUT2D eigenvalue weighted by atomic mass is 10.0. The van der Waals surface area contributed by atoms with Gasteiger partial charge in [0.2, 0.25) is 0 Å². The van der Waals surface area contributed by atoms with E-state index in [0.29, 0.717) is 24.0 Å². The standard InChI is InChI=1S/C13H21N3O2/c1-8(2)7-10(13(17)18)15-11-5-6-14-12(16-11)9(3)4/h5-6,8-10H,7H2,1-4H3,(H,17,18)(H,14,15,16)/t10-/m1/s1. The highest BCUT2D eigenvalue weighted by Crippen LogP contribution is 2.14. The van der Waals surface area contributed by atoms with E-state index in [1.807, 2.05) is 27.7 Å². The number of nitrogens with zero attached hydrogens (tertiary/aromatic N) is 2.